The summed E-state index contributed by atoms with van der Waals surface area (Å²) in [5.41, 5.74) is 0.449. The molecule has 1 rings (SSSR count). The van der Waals surface area contributed by atoms with Crippen molar-refractivity contribution >= 4 is 0 Å². The summed E-state index contributed by atoms with van der Waals surface area (Å²) in [5.74, 6) is 0.428. The Hall–Kier alpha value is -1.93. The molecular formula is C9H5NO. The lowest BCUT2D eigenvalue weighted by molar-refractivity contribution is 0.519. The molecule has 2 nitrogen and oxygen atoms in total. The maximum atomic E-state index is 8.55. The number of nitriles is 1. The SMILES string of the molecule is C#COc1ccccc1C#N. The van der Waals surface area contributed by atoms with E-state index in [1.54, 1.807) is 24.3 Å². The van der Waals surface area contributed by atoms with E-state index in [0.717, 1.165) is 0 Å². The number of nitrogens with zero attached hydrogens (tertiary/aromatic N) is 1. The molecular weight excluding hydrogens is 138 g/mol. The van der Waals surface area contributed by atoms with Gasteiger partial charge in [-0.15, -0.1) is 0 Å². The van der Waals surface area contributed by atoms with Crippen LogP contribution in [0.4, 0.5) is 0 Å². The third-order valence-electron chi connectivity index (χ3n) is 1.18. The summed E-state index contributed by atoms with van der Waals surface area (Å²) in [6.07, 6.45) is 6.91. The number of benzene rings is 1. The van der Waals surface area contributed by atoms with E-state index in [1.165, 1.54) is 0 Å². The molecule has 0 aromatic heterocycles. The first-order chi connectivity index (χ1) is 5.38. The number of terminal acetylenes is 1. The minimum atomic E-state index is 0.428. The summed E-state index contributed by atoms with van der Waals surface area (Å²) in [7, 11) is 0. The fourth-order valence-electron chi connectivity index (χ4n) is 0.711. The minimum absolute atomic E-state index is 0.428. The molecule has 0 saturated carbocycles. The van der Waals surface area contributed by atoms with Crippen LogP contribution in [0.2, 0.25) is 0 Å². The van der Waals surface area contributed by atoms with Gasteiger partial charge in [-0.1, -0.05) is 18.6 Å². The first-order valence-corrected chi connectivity index (χ1v) is 3.00. The monoisotopic (exact) mass is 143 g/mol. The van der Waals surface area contributed by atoms with E-state index < -0.39 is 0 Å². The van der Waals surface area contributed by atoms with E-state index in [1.807, 2.05) is 12.2 Å². The van der Waals surface area contributed by atoms with Crippen LogP contribution in [0.1, 0.15) is 5.56 Å². The Balaban J connectivity index is 3.07. The van der Waals surface area contributed by atoms with Gasteiger partial charge in [0, 0.05) is 0 Å². The quantitative estimate of drug-likeness (QED) is 0.558. The summed E-state index contributed by atoms with van der Waals surface area (Å²) in [6.45, 7) is 0. The van der Waals surface area contributed by atoms with Crippen LogP contribution in [-0.2, 0) is 0 Å². The van der Waals surface area contributed by atoms with Gasteiger partial charge in [0.05, 0.1) is 5.56 Å². The van der Waals surface area contributed by atoms with Gasteiger partial charge >= 0.3 is 0 Å². The summed E-state index contributed by atoms with van der Waals surface area (Å²) in [6, 6.07) is 8.77. The zero-order valence-corrected chi connectivity index (χ0v) is 5.74. The Morgan fingerprint density at radius 1 is 1.36 bits per heavy atom. The van der Waals surface area contributed by atoms with E-state index in [2.05, 4.69) is 0 Å². The lowest BCUT2D eigenvalue weighted by Gasteiger charge is -1.96. The van der Waals surface area contributed by atoms with Crippen molar-refractivity contribution in [3.8, 4) is 24.3 Å². The summed E-state index contributed by atoms with van der Waals surface area (Å²) >= 11 is 0. The van der Waals surface area contributed by atoms with Crippen LogP contribution in [-0.4, -0.2) is 0 Å². The highest BCUT2D eigenvalue weighted by Gasteiger charge is 1.98. The second-order valence-corrected chi connectivity index (χ2v) is 1.83. The molecule has 0 N–H and O–H groups in total. The second kappa shape index (κ2) is 3.29. The van der Waals surface area contributed by atoms with Gasteiger partial charge in [-0.05, 0) is 12.1 Å². The van der Waals surface area contributed by atoms with Gasteiger partial charge in [-0.3, -0.25) is 0 Å². The molecule has 0 saturated heterocycles. The van der Waals surface area contributed by atoms with Crippen LogP contribution in [0.15, 0.2) is 24.3 Å². The molecule has 0 aliphatic heterocycles. The molecule has 0 heterocycles. The molecule has 1 aromatic carbocycles. The zero-order chi connectivity index (χ0) is 8.10. The van der Waals surface area contributed by atoms with Crippen LogP contribution in [0.3, 0.4) is 0 Å². The molecule has 0 radical (unpaired) electrons. The van der Waals surface area contributed by atoms with Crippen molar-refractivity contribution in [1.29, 1.82) is 5.26 Å². The van der Waals surface area contributed by atoms with E-state index in [4.69, 9.17) is 16.4 Å². The third kappa shape index (κ3) is 1.50. The molecule has 0 amide bonds. The third-order valence-corrected chi connectivity index (χ3v) is 1.18. The topological polar surface area (TPSA) is 33.0 Å². The molecule has 0 spiro atoms. The van der Waals surface area contributed by atoms with Crippen LogP contribution < -0.4 is 4.74 Å². The maximum absolute atomic E-state index is 8.55. The average Bonchev–Trinajstić information content (AvgIpc) is 2.06. The van der Waals surface area contributed by atoms with E-state index in [-0.39, 0.29) is 0 Å². The Bertz CT molecular complexity index is 330. The predicted molar refractivity (Wildman–Crippen MR) is 40.6 cm³/mol. The second-order valence-electron chi connectivity index (χ2n) is 1.83. The van der Waals surface area contributed by atoms with Crippen molar-refractivity contribution < 1.29 is 4.74 Å². The van der Waals surface area contributed by atoms with Gasteiger partial charge in [0.1, 0.15) is 12.2 Å². The van der Waals surface area contributed by atoms with Crippen molar-refractivity contribution in [3.63, 3.8) is 0 Å². The highest BCUT2D eigenvalue weighted by atomic mass is 16.5. The highest BCUT2D eigenvalue weighted by molar-refractivity contribution is 5.43. The van der Waals surface area contributed by atoms with Crippen LogP contribution >= 0.6 is 0 Å². The molecule has 2 heteroatoms. The summed E-state index contributed by atoms with van der Waals surface area (Å²) < 4.78 is 4.73. The standard InChI is InChI=1S/C9H5NO/c1-2-11-9-6-4-3-5-8(9)7-10/h1,3-6H. The number of hydrogen-bond acceptors (Lipinski definition) is 2. The van der Waals surface area contributed by atoms with Gasteiger partial charge in [0.25, 0.3) is 0 Å². The zero-order valence-electron chi connectivity index (χ0n) is 5.74. The normalized spacial score (nSPS) is 7.82. The lowest BCUT2D eigenvalue weighted by Crippen LogP contribution is -1.85. The molecule has 0 aliphatic rings. The largest absolute Gasteiger partial charge is 0.406 e. The van der Waals surface area contributed by atoms with Crippen LogP contribution in [0, 0.1) is 23.9 Å². The minimum Gasteiger partial charge on any atom is -0.406 e. The molecule has 0 fully saturated rings. The smallest absolute Gasteiger partial charge is 0.157 e. The van der Waals surface area contributed by atoms with E-state index in [0.29, 0.717) is 11.3 Å². The molecule has 0 atom stereocenters. The fourth-order valence-corrected chi connectivity index (χ4v) is 0.711. The van der Waals surface area contributed by atoms with Crippen molar-refractivity contribution in [2.45, 2.75) is 0 Å². The van der Waals surface area contributed by atoms with Gasteiger partial charge in [0.15, 0.2) is 5.75 Å². The van der Waals surface area contributed by atoms with Gasteiger partial charge in [-0.2, -0.15) is 5.26 Å². The number of rotatable bonds is 1. The Labute approximate surface area is 65.0 Å². The summed E-state index contributed by atoms with van der Waals surface area (Å²) in [5, 5.41) is 8.55. The lowest BCUT2D eigenvalue weighted by atomic mass is 10.2. The molecule has 11 heavy (non-hydrogen) atoms. The van der Waals surface area contributed by atoms with E-state index in [9.17, 15) is 0 Å². The van der Waals surface area contributed by atoms with Crippen molar-refractivity contribution in [1.82, 2.24) is 0 Å². The first kappa shape index (κ1) is 7.18. The molecule has 52 valence electrons. The average molecular weight is 143 g/mol. The maximum Gasteiger partial charge on any atom is 0.157 e. The number of para-hydroxylation sites is 1. The molecule has 1 aromatic rings. The number of hydrogen-bond donors (Lipinski definition) is 0. The van der Waals surface area contributed by atoms with Gasteiger partial charge in [0.2, 0.25) is 0 Å². The van der Waals surface area contributed by atoms with Crippen LogP contribution in [0.25, 0.3) is 0 Å². The highest BCUT2D eigenvalue weighted by Crippen LogP contribution is 2.15. The number of ether oxygens (including phenoxy) is 1. The Morgan fingerprint density at radius 2 is 2.09 bits per heavy atom. The fraction of sp³-hybridized carbons (Fsp3) is 0. The first-order valence-electron chi connectivity index (χ1n) is 3.00. The van der Waals surface area contributed by atoms with Gasteiger partial charge in [-0.25, -0.2) is 0 Å². The van der Waals surface area contributed by atoms with Crippen LogP contribution in [0.5, 0.6) is 5.75 Å². The molecule has 0 bridgehead atoms. The molecule has 0 unspecified atom stereocenters. The van der Waals surface area contributed by atoms with Crippen molar-refractivity contribution in [3.05, 3.63) is 29.8 Å². The van der Waals surface area contributed by atoms with Crippen molar-refractivity contribution in [2.24, 2.45) is 0 Å². The van der Waals surface area contributed by atoms with E-state index >= 15 is 0 Å². The van der Waals surface area contributed by atoms with Gasteiger partial charge < -0.3 is 4.74 Å². The Kier molecular flexibility index (Phi) is 2.15. The van der Waals surface area contributed by atoms with Crippen molar-refractivity contribution in [2.75, 3.05) is 0 Å². The Morgan fingerprint density at radius 3 is 2.73 bits per heavy atom. The molecule has 0 aliphatic carbocycles. The summed E-state index contributed by atoms with van der Waals surface area (Å²) in [4.78, 5) is 0. The predicted octanol–water partition coefficient (Wildman–Crippen LogP) is 1.53.